The summed E-state index contributed by atoms with van der Waals surface area (Å²) in [6, 6.07) is 7.07. The summed E-state index contributed by atoms with van der Waals surface area (Å²) in [4.78, 5) is 29.6. The monoisotopic (exact) mass is 373 g/mol. The van der Waals surface area contributed by atoms with Crippen LogP contribution < -0.4 is 11.3 Å². The lowest BCUT2D eigenvalue weighted by Gasteiger charge is -2.12. The van der Waals surface area contributed by atoms with Crippen LogP contribution in [0.15, 0.2) is 34.1 Å². The number of rotatable bonds is 5. The van der Waals surface area contributed by atoms with Crippen molar-refractivity contribution in [3.05, 3.63) is 40.2 Å². The van der Waals surface area contributed by atoms with Crippen molar-refractivity contribution in [2.24, 2.45) is 0 Å². The molecule has 0 radical (unpaired) electrons. The largest absolute Gasteiger partial charge is 0.462 e. The fourth-order valence-corrected chi connectivity index (χ4v) is 3.26. The Kier molecular flexibility index (Phi) is 4.99. The predicted octanol–water partition coefficient (Wildman–Crippen LogP) is 2.08. The Morgan fingerprint density at radius 1 is 1.31 bits per heavy atom. The number of aromatic nitrogens is 4. The maximum absolute atomic E-state index is 12.8. The average Bonchev–Trinajstić information content (AvgIpc) is 2.98. The Morgan fingerprint density at radius 2 is 2.04 bits per heavy atom. The molecule has 0 fully saturated rings. The highest BCUT2D eigenvalue weighted by Gasteiger charge is 2.25. The van der Waals surface area contributed by atoms with Crippen molar-refractivity contribution in [3.63, 3.8) is 0 Å². The summed E-state index contributed by atoms with van der Waals surface area (Å²) in [6.07, 6.45) is 1.79. The van der Waals surface area contributed by atoms with Crippen LogP contribution in [0.1, 0.15) is 24.2 Å². The normalized spacial score (nSPS) is 11.0. The number of nitrogens with zero attached hydrogens (tertiary/aromatic N) is 4. The Balaban J connectivity index is 2.30. The number of hydrogen-bond donors (Lipinski definition) is 1. The van der Waals surface area contributed by atoms with Gasteiger partial charge in [0.05, 0.1) is 17.5 Å². The first-order valence-electron chi connectivity index (χ1n) is 8.13. The van der Waals surface area contributed by atoms with Gasteiger partial charge in [-0.3, -0.25) is 9.36 Å². The first kappa shape index (κ1) is 18.0. The zero-order chi connectivity index (χ0) is 18.8. The standard InChI is InChI=1S/C17H19N5O3S/c1-4-21-15(23)10-8-6-7-9-11(10)19-17(21)22-13(18)12(14(20-22)26-3)16(24)25-5-2/h6-9H,4-5,18H2,1-3H3. The lowest BCUT2D eigenvalue weighted by atomic mass is 10.2. The van der Waals surface area contributed by atoms with Gasteiger partial charge < -0.3 is 10.5 Å². The Hall–Kier alpha value is -2.81. The molecule has 0 saturated heterocycles. The molecule has 136 valence electrons. The molecular formula is C17H19N5O3S. The lowest BCUT2D eigenvalue weighted by Crippen LogP contribution is -2.26. The first-order chi connectivity index (χ1) is 12.5. The predicted molar refractivity (Wildman–Crippen MR) is 101 cm³/mol. The maximum atomic E-state index is 12.8. The minimum Gasteiger partial charge on any atom is -0.462 e. The molecule has 0 bridgehead atoms. The zero-order valence-corrected chi connectivity index (χ0v) is 15.5. The molecule has 2 heterocycles. The summed E-state index contributed by atoms with van der Waals surface area (Å²) in [5.74, 6) is -0.191. The number of hydrogen-bond acceptors (Lipinski definition) is 7. The molecule has 0 unspecified atom stereocenters. The van der Waals surface area contributed by atoms with E-state index >= 15 is 0 Å². The zero-order valence-electron chi connectivity index (χ0n) is 14.7. The van der Waals surface area contributed by atoms with E-state index in [0.29, 0.717) is 22.5 Å². The minimum atomic E-state index is -0.549. The number of esters is 1. The van der Waals surface area contributed by atoms with Gasteiger partial charge in [0.2, 0.25) is 5.95 Å². The second-order valence-corrected chi connectivity index (χ2v) is 6.18. The van der Waals surface area contributed by atoms with Gasteiger partial charge in [-0.05, 0) is 32.2 Å². The van der Waals surface area contributed by atoms with E-state index in [1.54, 1.807) is 37.4 Å². The van der Waals surface area contributed by atoms with Crippen molar-refractivity contribution in [1.29, 1.82) is 0 Å². The number of para-hydroxylation sites is 1. The van der Waals surface area contributed by atoms with Crippen LogP contribution in [0.4, 0.5) is 5.82 Å². The number of thioether (sulfide) groups is 1. The maximum Gasteiger partial charge on any atom is 0.344 e. The van der Waals surface area contributed by atoms with E-state index in [-0.39, 0.29) is 29.5 Å². The molecule has 0 aliphatic carbocycles. The smallest absolute Gasteiger partial charge is 0.344 e. The molecular weight excluding hydrogens is 354 g/mol. The van der Waals surface area contributed by atoms with Gasteiger partial charge in [0.15, 0.2) is 0 Å². The van der Waals surface area contributed by atoms with Crippen LogP contribution in [-0.2, 0) is 11.3 Å². The minimum absolute atomic E-state index is 0.0946. The molecule has 0 aliphatic heterocycles. The van der Waals surface area contributed by atoms with Crippen molar-refractivity contribution in [2.75, 3.05) is 18.6 Å². The molecule has 26 heavy (non-hydrogen) atoms. The van der Waals surface area contributed by atoms with Gasteiger partial charge >= 0.3 is 5.97 Å². The third kappa shape index (κ3) is 2.84. The Morgan fingerprint density at radius 3 is 2.69 bits per heavy atom. The van der Waals surface area contributed by atoms with E-state index in [2.05, 4.69) is 10.1 Å². The molecule has 2 N–H and O–H groups in total. The molecule has 1 aromatic carbocycles. The van der Waals surface area contributed by atoms with Crippen LogP contribution in [0.3, 0.4) is 0 Å². The van der Waals surface area contributed by atoms with Crippen LogP contribution in [0, 0.1) is 0 Å². The van der Waals surface area contributed by atoms with Crippen molar-refractivity contribution in [3.8, 4) is 5.95 Å². The molecule has 9 heteroatoms. The number of anilines is 1. The Bertz CT molecular complexity index is 1040. The summed E-state index contributed by atoms with van der Waals surface area (Å²) in [5.41, 5.74) is 6.73. The fourth-order valence-electron chi connectivity index (χ4n) is 2.70. The van der Waals surface area contributed by atoms with E-state index in [4.69, 9.17) is 10.5 Å². The van der Waals surface area contributed by atoms with Crippen LogP contribution in [0.5, 0.6) is 0 Å². The number of nitrogen functional groups attached to an aromatic ring is 1. The van der Waals surface area contributed by atoms with E-state index in [0.717, 1.165) is 0 Å². The summed E-state index contributed by atoms with van der Waals surface area (Å²) < 4.78 is 7.88. The third-order valence-electron chi connectivity index (χ3n) is 3.91. The van der Waals surface area contributed by atoms with Crippen LogP contribution >= 0.6 is 11.8 Å². The van der Waals surface area contributed by atoms with Gasteiger partial charge in [0, 0.05) is 6.54 Å². The molecule has 8 nitrogen and oxygen atoms in total. The van der Waals surface area contributed by atoms with Crippen LogP contribution in [0.2, 0.25) is 0 Å². The average molecular weight is 373 g/mol. The summed E-state index contributed by atoms with van der Waals surface area (Å²) >= 11 is 1.27. The highest BCUT2D eigenvalue weighted by molar-refractivity contribution is 7.98. The number of nitrogens with two attached hydrogens (primary N) is 1. The lowest BCUT2D eigenvalue weighted by molar-refractivity contribution is 0.0523. The van der Waals surface area contributed by atoms with Crippen molar-refractivity contribution >= 4 is 34.5 Å². The number of benzene rings is 1. The number of carbonyl (C=O) groups excluding carboxylic acids is 1. The van der Waals surface area contributed by atoms with E-state index in [9.17, 15) is 9.59 Å². The van der Waals surface area contributed by atoms with Crippen molar-refractivity contribution in [1.82, 2.24) is 19.3 Å². The third-order valence-corrected chi connectivity index (χ3v) is 4.58. The van der Waals surface area contributed by atoms with E-state index < -0.39 is 5.97 Å². The SMILES string of the molecule is CCOC(=O)c1c(SC)nn(-c2nc3ccccc3c(=O)n2CC)c1N. The number of ether oxygens (including phenoxy) is 1. The summed E-state index contributed by atoms with van der Waals surface area (Å²) in [5, 5.41) is 5.33. The van der Waals surface area contributed by atoms with E-state index in [1.165, 1.54) is 21.0 Å². The highest BCUT2D eigenvalue weighted by Crippen LogP contribution is 2.27. The topological polar surface area (TPSA) is 105 Å². The van der Waals surface area contributed by atoms with Crippen molar-refractivity contribution < 1.29 is 9.53 Å². The summed E-state index contributed by atoms with van der Waals surface area (Å²) in [6.45, 7) is 4.17. The van der Waals surface area contributed by atoms with Gasteiger partial charge in [-0.15, -0.1) is 11.8 Å². The molecule has 0 atom stereocenters. The Labute approximate surface area is 154 Å². The quantitative estimate of drug-likeness (QED) is 0.539. The molecule has 0 aliphatic rings. The van der Waals surface area contributed by atoms with Crippen LogP contribution in [-0.4, -0.2) is 38.2 Å². The molecule has 0 spiro atoms. The van der Waals surface area contributed by atoms with Crippen molar-refractivity contribution in [2.45, 2.75) is 25.4 Å². The molecule has 0 saturated carbocycles. The molecule has 2 aromatic heterocycles. The van der Waals surface area contributed by atoms with Gasteiger partial charge in [-0.25, -0.2) is 9.78 Å². The second kappa shape index (κ2) is 7.20. The number of carbonyl (C=O) groups is 1. The fraction of sp³-hybridized carbons (Fsp3) is 0.294. The van der Waals surface area contributed by atoms with Gasteiger partial charge in [0.1, 0.15) is 16.4 Å². The molecule has 3 rings (SSSR count). The number of fused-ring (bicyclic) bond motifs is 1. The van der Waals surface area contributed by atoms with Crippen LogP contribution in [0.25, 0.3) is 16.9 Å². The van der Waals surface area contributed by atoms with Gasteiger partial charge in [0.25, 0.3) is 5.56 Å². The molecule has 3 aromatic rings. The highest BCUT2D eigenvalue weighted by atomic mass is 32.2. The van der Waals surface area contributed by atoms with E-state index in [1.807, 2.05) is 6.92 Å². The first-order valence-corrected chi connectivity index (χ1v) is 9.35. The second-order valence-electron chi connectivity index (χ2n) is 5.38. The summed E-state index contributed by atoms with van der Waals surface area (Å²) in [7, 11) is 0. The molecule has 0 amide bonds. The van der Waals surface area contributed by atoms with Gasteiger partial charge in [-0.2, -0.15) is 9.78 Å². The van der Waals surface area contributed by atoms with Gasteiger partial charge in [-0.1, -0.05) is 12.1 Å².